The first-order chi connectivity index (χ1) is 12.8. The number of aromatic nitrogens is 3. The third-order valence-electron chi connectivity index (χ3n) is 4.46. The summed E-state index contributed by atoms with van der Waals surface area (Å²) < 4.78 is 11.4. The Bertz CT molecular complexity index is 864. The normalized spacial score (nSPS) is 20.3. The van der Waals surface area contributed by atoms with E-state index in [9.17, 15) is 4.79 Å². The van der Waals surface area contributed by atoms with Gasteiger partial charge in [0.1, 0.15) is 6.10 Å². The van der Waals surface area contributed by atoms with Gasteiger partial charge in [0.25, 0.3) is 0 Å². The molecule has 1 fully saturated rings. The maximum Gasteiger partial charge on any atom is 0.226 e. The smallest absolute Gasteiger partial charge is 0.226 e. The molecule has 0 spiro atoms. The Morgan fingerprint density at radius 2 is 2.35 bits per heavy atom. The first kappa shape index (κ1) is 17.1. The number of amides is 1. The lowest BCUT2D eigenvalue weighted by Gasteiger charge is -2.32. The van der Waals surface area contributed by atoms with E-state index >= 15 is 0 Å². The molecule has 1 aromatic carbocycles. The van der Waals surface area contributed by atoms with Crippen molar-refractivity contribution in [2.24, 2.45) is 0 Å². The van der Waals surface area contributed by atoms with Crippen LogP contribution in [-0.2, 0) is 27.3 Å². The fourth-order valence-corrected chi connectivity index (χ4v) is 3.65. The zero-order valence-electron chi connectivity index (χ0n) is 14.2. The molecule has 2 N–H and O–H groups in total. The lowest BCUT2D eigenvalue weighted by molar-refractivity contribution is -0.126. The average molecular weight is 372 g/mol. The molecule has 8 heteroatoms. The number of fused-ring (bicyclic) bond motifs is 1. The average Bonchev–Trinajstić information content (AvgIpc) is 3.31. The van der Waals surface area contributed by atoms with Gasteiger partial charge in [-0.3, -0.25) is 9.89 Å². The number of carbonyl (C=O) groups is 1. The number of hydrogen-bond donors (Lipinski definition) is 2. The molecule has 2 atom stereocenters. The highest BCUT2D eigenvalue weighted by molar-refractivity contribution is 7.07. The van der Waals surface area contributed by atoms with Gasteiger partial charge in [-0.1, -0.05) is 18.2 Å². The number of hydrogen-bond acceptors (Lipinski definition) is 6. The Hall–Kier alpha value is -2.29. The van der Waals surface area contributed by atoms with Crippen molar-refractivity contribution in [3.8, 4) is 0 Å². The molecule has 0 radical (unpaired) electrons. The SMILES string of the molecule is O=C(Cc1[nH]nc2ccccc12)N[C@@H]1CCOC[C@H]1OCc1cscn1. The molecule has 4 rings (SSSR count). The molecule has 136 valence electrons. The number of ether oxygens (including phenoxy) is 2. The minimum absolute atomic E-state index is 0.0476. The molecule has 2 aromatic heterocycles. The number of H-pyrrole nitrogens is 1. The molecule has 26 heavy (non-hydrogen) atoms. The predicted octanol–water partition coefficient (Wildman–Crippen LogP) is 2.05. The van der Waals surface area contributed by atoms with Gasteiger partial charge in [0.15, 0.2) is 0 Å². The van der Waals surface area contributed by atoms with E-state index in [1.165, 1.54) is 11.3 Å². The zero-order chi connectivity index (χ0) is 17.8. The Morgan fingerprint density at radius 1 is 1.42 bits per heavy atom. The van der Waals surface area contributed by atoms with Crippen LogP contribution in [0.5, 0.6) is 0 Å². The minimum atomic E-state index is -0.173. The second-order valence-electron chi connectivity index (χ2n) is 6.26. The van der Waals surface area contributed by atoms with Gasteiger partial charge >= 0.3 is 0 Å². The maximum atomic E-state index is 12.5. The van der Waals surface area contributed by atoms with E-state index in [2.05, 4.69) is 20.5 Å². The van der Waals surface area contributed by atoms with E-state index in [4.69, 9.17) is 9.47 Å². The van der Waals surface area contributed by atoms with E-state index in [1.54, 1.807) is 5.51 Å². The van der Waals surface area contributed by atoms with Crippen LogP contribution in [0.15, 0.2) is 35.2 Å². The summed E-state index contributed by atoms with van der Waals surface area (Å²) in [6, 6.07) is 7.70. The number of benzene rings is 1. The first-order valence-corrected chi connectivity index (χ1v) is 9.51. The fourth-order valence-electron chi connectivity index (χ4n) is 3.11. The number of nitrogens with one attached hydrogen (secondary N) is 2. The van der Waals surface area contributed by atoms with Crippen molar-refractivity contribution in [1.82, 2.24) is 20.5 Å². The van der Waals surface area contributed by atoms with Gasteiger partial charge < -0.3 is 14.8 Å². The van der Waals surface area contributed by atoms with E-state index in [1.807, 2.05) is 29.6 Å². The van der Waals surface area contributed by atoms with Crippen molar-refractivity contribution in [3.05, 3.63) is 46.5 Å². The molecular weight excluding hydrogens is 352 g/mol. The molecule has 7 nitrogen and oxygen atoms in total. The van der Waals surface area contributed by atoms with Crippen molar-refractivity contribution in [2.45, 2.75) is 31.6 Å². The Balaban J connectivity index is 1.37. The topological polar surface area (TPSA) is 89.1 Å². The maximum absolute atomic E-state index is 12.5. The molecule has 1 aliphatic heterocycles. The summed E-state index contributed by atoms with van der Waals surface area (Å²) in [4.78, 5) is 16.8. The van der Waals surface area contributed by atoms with E-state index in [0.717, 1.165) is 28.7 Å². The highest BCUT2D eigenvalue weighted by Gasteiger charge is 2.28. The lowest BCUT2D eigenvalue weighted by Crippen LogP contribution is -2.50. The van der Waals surface area contributed by atoms with E-state index < -0.39 is 0 Å². The van der Waals surface area contributed by atoms with Crippen LogP contribution in [-0.4, -0.2) is 46.4 Å². The Labute approximate surface area is 154 Å². The summed E-state index contributed by atoms with van der Waals surface area (Å²) in [6.07, 6.45) is 0.821. The molecule has 0 saturated carbocycles. The second-order valence-corrected chi connectivity index (χ2v) is 6.98. The molecule has 1 aliphatic rings. The quantitative estimate of drug-likeness (QED) is 0.691. The summed E-state index contributed by atoms with van der Waals surface area (Å²) in [7, 11) is 0. The number of nitrogens with zero attached hydrogens (tertiary/aromatic N) is 2. The highest BCUT2D eigenvalue weighted by Crippen LogP contribution is 2.17. The zero-order valence-corrected chi connectivity index (χ0v) is 15.0. The lowest BCUT2D eigenvalue weighted by atomic mass is 10.1. The van der Waals surface area contributed by atoms with E-state index in [0.29, 0.717) is 19.8 Å². The predicted molar refractivity (Wildman–Crippen MR) is 97.9 cm³/mol. The van der Waals surface area contributed by atoms with Crippen molar-refractivity contribution < 1.29 is 14.3 Å². The molecule has 1 amide bonds. The summed E-state index contributed by atoms with van der Waals surface area (Å²) in [5, 5.41) is 13.2. The van der Waals surface area contributed by atoms with Gasteiger partial charge in [-0.2, -0.15) is 5.10 Å². The number of thiazole rings is 1. The third kappa shape index (κ3) is 3.92. The van der Waals surface area contributed by atoms with Gasteiger partial charge in [-0.15, -0.1) is 11.3 Å². The van der Waals surface area contributed by atoms with Gasteiger partial charge in [-0.25, -0.2) is 4.98 Å². The van der Waals surface area contributed by atoms with Crippen LogP contribution in [0.25, 0.3) is 10.9 Å². The van der Waals surface area contributed by atoms with Crippen molar-refractivity contribution >= 4 is 28.1 Å². The largest absolute Gasteiger partial charge is 0.379 e. The summed E-state index contributed by atoms with van der Waals surface area (Å²) in [5.41, 5.74) is 4.37. The highest BCUT2D eigenvalue weighted by atomic mass is 32.1. The molecule has 3 aromatic rings. The fraction of sp³-hybridized carbons (Fsp3) is 0.389. The monoisotopic (exact) mass is 372 g/mol. The van der Waals surface area contributed by atoms with E-state index in [-0.39, 0.29) is 24.5 Å². The standard InChI is InChI=1S/C18H20N4O3S/c23-18(7-16-13-3-1-2-4-14(13)21-22-16)20-15-5-6-24-9-17(15)25-8-12-10-26-11-19-12/h1-4,10-11,15,17H,5-9H2,(H,20,23)(H,21,22)/t15-,17-/m1/s1. The molecule has 1 saturated heterocycles. The number of para-hydroxylation sites is 1. The van der Waals surface area contributed by atoms with Crippen LogP contribution in [0.4, 0.5) is 0 Å². The second kappa shape index (κ2) is 7.94. The van der Waals surface area contributed by atoms with Gasteiger partial charge in [0, 0.05) is 17.4 Å². The van der Waals surface area contributed by atoms with Crippen LogP contribution >= 0.6 is 11.3 Å². The molecule has 0 unspecified atom stereocenters. The summed E-state index contributed by atoms with van der Waals surface area (Å²) >= 11 is 1.54. The van der Waals surface area contributed by atoms with Gasteiger partial charge in [0.05, 0.1) is 48.1 Å². The summed E-state index contributed by atoms with van der Waals surface area (Å²) in [5.74, 6) is -0.0476. The van der Waals surface area contributed by atoms with Crippen LogP contribution in [0, 0.1) is 0 Å². The number of carbonyl (C=O) groups excluding carboxylic acids is 1. The van der Waals surface area contributed by atoms with Crippen LogP contribution in [0.2, 0.25) is 0 Å². The number of rotatable bonds is 6. The molecule has 0 aliphatic carbocycles. The summed E-state index contributed by atoms with van der Waals surface area (Å²) in [6.45, 7) is 1.52. The van der Waals surface area contributed by atoms with Crippen molar-refractivity contribution in [1.29, 1.82) is 0 Å². The van der Waals surface area contributed by atoms with Crippen molar-refractivity contribution in [2.75, 3.05) is 13.2 Å². The molecule has 3 heterocycles. The first-order valence-electron chi connectivity index (χ1n) is 8.57. The molecular formula is C18H20N4O3S. The Kier molecular flexibility index (Phi) is 5.24. The Morgan fingerprint density at radius 3 is 3.23 bits per heavy atom. The van der Waals surface area contributed by atoms with Crippen molar-refractivity contribution in [3.63, 3.8) is 0 Å². The van der Waals surface area contributed by atoms with Gasteiger partial charge in [0.2, 0.25) is 5.91 Å². The molecule has 0 bridgehead atoms. The minimum Gasteiger partial charge on any atom is -0.379 e. The number of aromatic amines is 1. The third-order valence-corrected chi connectivity index (χ3v) is 5.09. The van der Waals surface area contributed by atoms with Crippen LogP contribution in [0.3, 0.4) is 0 Å². The van der Waals surface area contributed by atoms with Crippen LogP contribution < -0.4 is 5.32 Å². The van der Waals surface area contributed by atoms with Gasteiger partial charge in [-0.05, 0) is 12.5 Å². The van der Waals surface area contributed by atoms with Crippen LogP contribution in [0.1, 0.15) is 17.8 Å².